The van der Waals surface area contributed by atoms with E-state index in [1.165, 1.54) is 0 Å². The highest BCUT2D eigenvalue weighted by molar-refractivity contribution is 5.89. The van der Waals surface area contributed by atoms with Crippen molar-refractivity contribution in [1.29, 1.82) is 0 Å². The SMILES string of the molecule is C=CCNC(=O)[C@@H]1CC(=O)N(C(C)C)C1. The van der Waals surface area contributed by atoms with Gasteiger partial charge in [0.15, 0.2) is 0 Å². The number of hydrogen-bond donors (Lipinski definition) is 1. The number of rotatable bonds is 4. The number of likely N-dealkylation sites (tertiary alicyclic amines) is 1. The fourth-order valence-corrected chi connectivity index (χ4v) is 1.72. The van der Waals surface area contributed by atoms with Gasteiger partial charge in [-0.3, -0.25) is 9.59 Å². The van der Waals surface area contributed by atoms with Crippen LogP contribution in [-0.2, 0) is 9.59 Å². The van der Waals surface area contributed by atoms with Gasteiger partial charge in [-0.1, -0.05) is 6.08 Å². The van der Waals surface area contributed by atoms with Crippen LogP contribution in [0, 0.1) is 5.92 Å². The summed E-state index contributed by atoms with van der Waals surface area (Å²) in [5.41, 5.74) is 0. The molecule has 15 heavy (non-hydrogen) atoms. The maximum absolute atomic E-state index is 11.6. The second-order valence-electron chi connectivity index (χ2n) is 4.07. The normalized spacial score (nSPS) is 20.9. The summed E-state index contributed by atoms with van der Waals surface area (Å²) in [6.45, 7) is 8.45. The van der Waals surface area contributed by atoms with Gasteiger partial charge in [-0.25, -0.2) is 0 Å². The van der Waals surface area contributed by atoms with Gasteiger partial charge in [-0.15, -0.1) is 6.58 Å². The third-order valence-electron chi connectivity index (χ3n) is 2.57. The molecule has 1 atom stereocenters. The summed E-state index contributed by atoms with van der Waals surface area (Å²) >= 11 is 0. The van der Waals surface area contributed by atoms with Crippen molar-refractivity contribution < 1.29 is 9.59 Å². The molecule has 0 aromatic carbocycles. The van der Waals surface area contributed by atoms with Crippen LogP contribution in [0.25, 0.3) is 0 Å². The molecule has 0 radical (unpaired) electrons. The molecule has 0 spiro atoms. The van der Waals surface area contributed by atoms with Crippen LogP contribution in [0.1, 0.15) is 20.3 Å². The maximum Gasteiger partial charge on any atom is 0.225 e. The Hall–Kier alpha value is -1.32. The van der Waals surface area contributed by atoms with Gasteiger partial charge >= 0.3 is 0 Å². The summed E-state index contributed by atoms with van der Waals surface area (Å²) in [5.74, 6) is -0.171. The molecule has 0 unspecified atom stereocenters. The molecule has 4 nitrogen and oxygen atoms in total. The molecular weight excluding hydrogens is 192 g/mol. The Morgan fingerprint density at radius 3 is 2.87 bits per heavy atom. The largest absolute Gasteiger partial charge is 0.352 e. The Morgan fingerprint density at radius 2 is 2.40 bits per heavy atom. The lowest BCUT2D eigenvalue weighted by Gasteiger charge is -2.20. The Bertz CT molecular complexity index is 274. The van der Waals surface area contributed by atoms with E-state index < -0.39 is 0 Å². The van der Waals surface area contributed by atoms with E-state index in [0.717, 1.165) is 0 Å². The van der Waals surface area contributed by atoms with Crippen molar-refractivity contribution in [3.05, 3.63) is 12.7 Å². The van der Waals surface area contributed by atoms with Crippen LogP contribution in [-0.4, -0.2) is 35.8 Å². The maximum atomic E-state index is 11.6. The minimum Gasteiger partial charge on any atom is -0.352 e. The van der Waals surface area contributed by atoms with Gasteiger partial charge < -0.3 is 10.2 Å². The third kappa shape index (κ3) is 2.81. The Morgan fingerprint density at radius 1 is 1.73 bits per heavy atom. The van der Waals surface area contributed by atoms with Crippen LogP contribution in [0.15, 0.2) is 12.7 Å². The van der Waals surface area contributed by atoms with Crippen molar-refractivity contribution in [2.75, 3.05) is 13.1 Å². The first-order chi connectivity index (χ1) is 7.06. The average molecular weight is 210 g/mol. The summed E-state index contributed by atoms with van der Waals surface area (Å²) < 4.78 is 0. The summed E-state index contributed by atoms with van der Waals surface area (Å²) in [6.07, 6.45) is 1.97. The van der Waals surface area contributed by atoms with Crippen molar-refractivity contribution in [2.24, 2.45) is 5.92 Å². The first-order valence-electron chi connectivity index (χ1n) is 5.24. The Kier molecular flexibility index (Phi) is 3.88. The molecular formula is C11H18N2O2. The molecule has 0 aliphatic carbocycles. The number of carbonyl (C=O) groups excluding carboxylic acids is 2. The van der Waals surface area contributed by atoms with Crippen LogP contribution < -0.4 is 5.32 Å². The minimum atomic E-state index is -0.195. The molecule has 0 aromatic rings. The third-order valence-corrected chi connectivity index (χ3v) is 2.57. The number of amides is 2. The van der Waals surface area contributed by atoms with Crippen LogP contribution in [0.2, 0.25) is 0 Å². The number of nitrogens with zero attached hydrogens (tertiary/aromatic N) is 1. The molecule has 0 saturated carbocycles. The summed E-state index contributed by atoms with van der Waals surface area (Å²) in [7, 11) is 0. The summed E-state index contributed by atoms with van der Waals surface area (Å²) in [5, 5.41) is 2.72. The summed E-state index contributed by atoms with van der Waals surface area (Å²) in [6, 6.07) is 0.176. The highest BCUT2D eigenvalue weighted by Crippen LogP contribution is 2.19. The molecule has 0 aromatic heterocycles. The monoisotopic (exact) mass is 210 g/mol. The molecule has 1 aliphatic rings. The van der Waals surface area contributed by atoms with E-state index in [1.807, 2.05) is 13.8 Å². The molecule has 1 rings (SSSR count). The summed E-state index contributed by atoms with van der Waals surface area (Å²) in [4.78, 5) is 24.9. The van der Waals surface area contributed by atoms with Crippen LogP contribution in [0.5, 0.6) is 0 Å². The number of hydrogen-bond acceptors (Lipinski definition) is 2. The van der Waals surface area contributed by atoms with Crippen LogP contribution >= 0.6 is 0 Å². The van der Waals surface area contributed by atoms with E-state index in [-0.39, 0.29) is 23.8 Å². The Labute approximate surface area is 90.3 Å². The lowest BCUT2D eigenvalue weighted by molar-refractivity contribution is -0.129. The molecule has 0 bridgehead atoms. The van der Waals surface area contributed by atoms with E-state index >= 15 is 0 Å². The lowest BCUT2D eigenvalue weighted by atomic mass is 10.1. The molecule has 84 valence electrons. The smallest absolute Gasteiger partial charge is 0.225 e. The molecule has 1 N–H and O–H groups in total. The van der Waals surface area contributed by atoms with Crippen LogP contribution in [0.3, 0.4) is 0 Å². The zero-order chi connectivity index (χ0) is 11.4. The second kappa shape index (κ2) is 4.96. The average Bonchev–Trinajstić information content (AvgIpc) is 2.56. The van der Waals surface area contributed by atoms with E-state index in [4.69, 9.17) is 0 Å². The van der Waals surface area contributed by atoms with Crippen molar-refractivity contribution in [1.82, 2.24) is 10.2 Å². The fourth-order valence-electron chi connectivity index (χ4n) is 1.72. The topological polar surface area (TPSA) is 49.4 Å². The molecule has 2 amide bonds. The zero-order valence-corrected chi connectivity index (χ0v) is 9.32. The lowest BCUT2D eigenvalue weighted by Crippen LogP contribution is -2.35. The van der Waals surface area contributed by atoms with Gasteiger partial charge in [-0.2, -0.15) is 0 Å². The first kappa shape index (κ1) is 11.8. The molecule has 1 aliphatic heterocycles. The second-order valence-corrected chi connectivity index (χ2v) is 4.07. The van der Waals surface area contributed by atoms with Gasteiger partial charge in [-0.05, 0) is 13.8 Å². The zero-order valence-electron chi connectivity index (χ0n) is 9.32. The van der Waals surface area contributed by atoms with Crippen molar-refractivity contribution >= 4 is 11.8 Å². The van der Waals surface area contributed by atoms with E-state index in [1.54, 1.807) is 11.0 Å². The standard InChI is InChI=1S/C11H18N2O2/c1-4-5-12-11(15)9-6-10(14)13(7-9)8(2)3/h4,8-9H,1,5-7H2,2-3H3,(H,12,15)/t9-/m1/s1. The number of carbonyl (C=O) groups is 2. The molecule has 1 heterocycles. The molecule has 1 fully saturated rings. The van der Waals surface area contributed by atoms with Gasteiger partial charge in [0, 0.05) is 25.6 Å². The Balaban J connectivity index is 2.50. The van der Waals surface area contributed by atoms with Crippen molar-refractivity contribution in [3.63, 3.8) is 0 Å². The fraction of sp³-hybridized carbons (Fsp3) is 0.636. The van der Waals surface area contributed by atoms with Crippen LogP contribution in [0.4, 0.5) is 0 Å². The van der Waals surface area contributed by atoms with Gasteiger partial charge in [0.05, 0.1) is 5.92 Å². The molecule has 4 heteroatoms. The highest BCUT2D eigenvalue weighted by Gasteiger charge is 2.34. The minimum absolute atomic E-state index is 0.0496. The van der Waals surface area contributed by atoms with Gasteiger partial charge in [0.1, 0.15) is 0 Å². The van der Waals surface area contributed by atoms with Crippen molar-refractivity contribution in [2.45, 2.75) is 26.3 Å². The molecule has 1 saturated heterocycles. The van der Waals surface area contributed by atoms with Gasteiger partial charge in [0.25, 0.3) is 0 Å². The van der Waals surface area contributed by atoms with Crippen molar-refractivity contribution in [3.8, 4) is 0 Å². The highest BCUT2D eigenvalue weighted by atomic mass is 16.2. The van der Waals surface area contributed by atoms with E-state index in [9.17, 15) is 9.59 Å². The predicted molar refractivity (Wildman–Crippen MR) is 58.2 cm³/mol. The van der Waals surface area contributed by atoms with E-state index in [0.29, 0.717) is 19.5 Å². The number of nitrogens with one attached hydrogen (secondary N) is 1. The quantitative estimate of drug-likeness (QED) is 0.689. The predicted octanol–water partition coefficient (Wildman–Crippen LogP) is 0.545. The van der Waals surface area contributed by atoms with Gasteiger partial charge in [0.2, 0.25) is 11.8 Å². The first-order valence-corrected chi connectivity index (χ1v) is 5.24. The van der Waals surface area contributed by atoms with E-state index in [2.05, 4.69) is 11.9 Å².